The average Bonchev–Trinajstić information content (AvgIpc) is 3.17. The molecule has 1 aliphatic heterocycles. The lowest BCUT2D eigenvalue weighted by Crippen LogP contribution is -2.36. The van der Waals surface area contributed by atoms with E-state index >= 15 is 0 Å². The molecule has 11 heteroatoms. The molecule has 1 N–H and O–H groups in total. The lowest BCUT2D eigenvalue weighted by Gasteiger charge is -2.24. The van der Waals surface area contributed by atoms with Crippen LogP contribution >= 0.6 is 0 Å². The molecule has 0 unspecified atom stereocenters. The van der Waals surface area contributed by atoms with E-state index in [0.717, 1.165) is 5.56 Å². The van der Waals surface area contributed by atoms with E-state index < -0.39 is 5.92 Å². The molecule has 0 spiro atoms. The number of carbonyl (C=O) groups is 2. The molecule has 0 aromatic carbocycles. The highest BCUT2D eigenvalue weighted by Gasteiger charge is 2.42. The minimum absolute atomic E-state index is 0.0489. The van der Waals surface area contributed by atoms with Crippen molar-refractivity contribution in [2.24, 2.45) is 5.92 Å². The minimum Gasteiger partial charge on any atom is -0.382 e. The first kappa shape index (κ1) is 29.1. The predicted octanol–water partition coefficient (Wildman–Crippen LogP) is 0.447. The molecule has 0 aliphatic carbocycles. The molecule has 0 radical (unpaired) electrons. The van der Waals surface area contributed by atoms with Crippen molar-refractivity contribution in [1.82, 2.24) is 15.2 Å². The molecule has 1 fully saturated rings. The number of methoxy groups -OCH3 is 1. The number of ether oxygens (including phenoxy) is 6. The van der Waals surface area contributed by atoms with Gasteiger partial charge in [-0.25, -0.2) is 0 Å². The Morgan fingerprint density at radius 3 is 2.00 bits per heavy atom. The number of nitrogens with zero attached hydrogens (tertiary/aromatic N) is 2. The van der Waals surface area contributed by atoms with Gasteiger partial charge in [0.15, 0.2) is 0 Å². The monoisotopic (exact) mass is 497 g/mol. The lowest BCUT2D eigenvalue weighted by atomic mass is 9.94. The van der Waals surface area contributed by atoms with Crippen molar-refractivity contribution in [3.8, 4) is 0 Å². The number of hydrogen-bond acceptors (Lipinski definition) is 9. The van der Waals surface area contributed by atoms with Crippen LogP contribution in [0.15, 0.2) is 24.5 Å². The maximum Gasteiger partial charge on any atom is 0.226 e. The maximum atomic E-state index is 12.7. The molecule has 198 valence electrons. The fraction of sp³-hybridized carbons (Fsp3) is 0.708. The molecule has 35 heavy (non-hydrogen) atoms. The summed E-state index contributed by atoms with van der Waals surface area (Å²) in [6.45, 7) is 5.79. The highest BCUT2D eigenvalue weighted by atomic mass is 16.6. The van der Waals surface area contributed by atoms with Crippen LogP contribution < -0.4 is 5.32 Å². The van der Waals surface area contributed by atoms with Crippen LogP contribution in [0.5, 0.6) is 0 Å². The lowest BCUT2D eigenvalue weighted by molar-refractivity contribution is -0.128. The standard InChI is InChI=1S/C24H39N3O8/c1-27-22(28)18-21(23(27)20-4-3-5-25-19-20)24(29)26-6-7-31-10-11-33-14-15-35-17-16-34-13-12-32-9-8-30-2/h3-5,19,21,23H,6-18H2,1-2H3,(H,26,29)/t21-,23+/m0/s1. The highest BCUT2D eigenvalue weighted by molar-refractivity contribution is 5.90. The Morgan fingerprint density at radius 2 is 1.49 bits per heavy atom. The smallest absolute Gasteiger partial charge is 0.226 e. The summed E-state index contributed by atoms with van der Waals surface area (Å²) in [4.78, 5) is 30.6. The molecule has 0 bridgehead atoms. The number of amides is 2. The zero-order valence-electron chi connectivity index (χ0n) is 20.8. The topological polar surface area (TPSA) is 118 Å². The number of aromatic nitrogens is 1. The number of nitrogens with one attached hydrogen (secondary N) is 1. The van der Waals surface area contributed by atoms with E-state index in [1.54, 1.807) is 37.5 Å². The number of likely N-dealkylation sites (tertiary alicyclic amines) is 1. The first-order valence-electron chi connectivity index (χ1n) is 12.0. The molecule has 2 amide bonds. The van der Waals surface area contributed by atoms with Crippen molar-refractivity contribution < 1.29 is 38.0 Å². The zero-order chi connectivity index (χ0) is 25.1. The van der Waals surface area contributed by atoms with Gasteiger partial charge in [0, 0.05) is 39.5 Å². The minimum atomic E-state index is -0.445. The molecule has 2 rings (SSSR count). The first-order chi connectivity index (χ1) is 17.1. The normalized spacial score (nSPS) is 17.8. The fourth-order valence-corrected chi connectivity index (χ4v) is 3.61. The summed E-state index contributed by atoms with van der Waals surface area (Å²) in [6, 6.07) is 3.39. The Balaban J connectivity index is 1.42. The van der Waals surface area contributed by atoms with Gasteiger partial charge in [-0.3, -0.25) is 14.6 Å². The molecule has 1 aliphatic rings. The van der Waals surface area contributed by atoms with Gasteiger partial charge in [-0.1, -0.05) is 6.07 Å². The van der Waals surface area contributed by atoms with Crippen LogP contribution in [0, 0.1) is 5.92 Å². The third kappa shape index (κ3) is 11.4. The van der Waals surface area contributed by atoms with E-state index in [2.05, 4.69) is 10.3 Å². The number of rotatable bonds is 20. The highest BCUT2D eigenvalue weighted by Crippen LogP contribution is 2.36. The summed E-state index contributed by atoms with van der Waals surface area (Å²) in [7, 11) is 3.36. The molecule has 1 saturated heterocycles. The Bertz CT molecular complexity index is 709. The fourth-order valence-electron chi connectivity index (χ4n) is 3.61. The van der Waals surface area contributed by atoms with Crippen LogP contribution in [0.25, 0.3) is 0 Å². The van der Waals surface area contributed by atoms with Gasteiger partial charge in [0.05, 0.1) is 84.6 Å². The molecule has 1 aromatic heterocycles. The van der Waals surface area contributed by atoms with E-state index in [4.69, 9.17) is 28.4 Å². The van der Waals surface area contributed by atoms with E-state index in [1.165, 1.54) is 0 Å². The van der Waals surface area contributed by atoms with Gasteiger partial charge in [-0.2, -0.15) is 0 Å². The van der Waals surface area contributed by atoms with E-state index in [0.29, 0.717) is 79.2 Å². The third-order valence-electron chi connectivity index (χ3n) is 5.41. The second kappa shape index (κ2) is 18.2. The molecular formula is C24H39N3O8. The van der Waals surface area contributed by atoms with Crippen LogP contribution in [0.1, 0.15) is 18.0 Å². The summed E-state index contributed by atoms with van der Waals surface area (Å²) in [6.07, 6.45) is 3.56. The van der Waals surface area contributed by atoms with Gasteiger partial charge in [-0.05, 0) is 11.6 Å². The van der Waals surface area contributed by atoms with Gasteiger partial charge in [0.2, 0.25) is 11.8 Å². The van der Waals surface area contributed by atoms with Crippen molar-refractivity contribution in [2.75, 3.05) is 93.4 Å². The molecule has 2 heterocycles. The predicted molar refractivity (Wildman–Crippen MR) is 127 cm³/mol. The van der Waals surface area contributed by atoms with Gasteiger partial charge >= 0.3 is 0 Å². The molecular weight excluding hydrogens is 458 g/mol. The van der Waals surface area contributed by atoms with Crippen molar-refractivity contribution in [1.29, 1.82) is 0 Å². The van der Waals surface area contributed by atoms with Crippen LogP contribution in [0.3, 0.4) is 0 Å². The zero-order valence-corrected chi connectivity index (χ0v) is 20.8. The number of pyridine rings is 1. The van der Waals surface area contributed by atoms with Crippen LogP contribution in [-0.4, -0.2) is 115 Å². The maximum absolute atomic E-state index is 12.7. The Labute approximate surface area is 207 Å². The first-order valence-corrected chi connectivity index (χ1v) is 12.0. The van der Waals surface area contributed by atoms with E-state index in [-0.39, 0.29) is 24.3 Å². The second-order valence-electron chi connectivity index (χ2n) is 7.89. The molecule has 1 aromatic rings. The summed E-state index contributed by atoms with van der Waals surface area (Å²) >= 11 is 0. The van der Waals surface area contributed by atoms with Gasteiger partial charge in [0.25, 0.3) is 0 Å². The van der Waals surface area contributed by atoms with Crippen LogP contribution in [0.4, 0.5) is 0 Å². The summed E-state index contributed by atoms with van der Waals surface area (Å²) in [5.41, 5.74) is 0.856. The SMILES string of the molecule is COCCOCCOCCOCCOCCOCCNC(=O)[C@H]1CC(=O)N(C)[C@@H]1c1cccnc1. The quantitative estimate of drug-likeness (QED) is 0.256. The van der Waals surface area contributed by atoms with Gasteiger partial charge in [0.1, 0.15) is 0 Å². The van der Waals surface area contributed by atoms with E-state index in [1.807, 2.05) is 6.07 Å². The van der Waals surface area contributed by atoms with Gasteiger partial charge < -0.3 is 38.6 Å². The van der Waals surface area contributed by atoms with Crippen molar-refractivity contribution in [2.45, 2.75) is 12.5 Å². The molecule has 0 saturated carbocycles. The third-order valence-corrected chi connectivity index (χ3v) is 5.41. The second-order valence-corrected chi connectivity index (χ2v) is 7.89. The summed E-state index contributed by atoms with van der Waals surface area (Å²) in [5, 5.41) is 2.87. The molecule has 11 nitrogen and oxygen atoms in total. The molecule has 2 atom stereocenters. The Hall–Kier alpha value is -2.15. The van der Waals surface area contributed by atoms with Crippen molar-refractivity contribution in [3.63, 3.8) is 0 Å². The van der Waals surface area contributed by atoms with E-state index in [9.17, 15) is 9.59 Å². The van der Waals surface area contributed by atoms with Gasteiger partial charge in [-0.15, -0.1) is 0 Å². The number of hydrogen-bond donors (Lipinski definition) is 1. The summed E-state index contributed by atoms with van der Waals surface area (Å²) < 4.78 is 31.9. The Kier molecular flexibility index (Phi) is 15.1. The van der Waals surface area contributed by atoms with Crippen LogP contribution in [-0.2, 0) is 38.0 Å². The van der Waals surface area contributed by atoms with Crippen molar-refractivity contribution in [3.05, 3.63) is 30.1 Å². The van der Waals surface area contributed by atoms with Crippen molar-refractivity contribution >= 4 is 11.8 Å². The van der Waals surface area contributed by atoms with Crippen LogP contribution in [0.2, 0.25) is 0 Å². The average molecular weight is 498 g/mol. The largest absolute Gasteiger partial charge is 0.382 e. The number of carbonyl (C=O) groups excluding carboxylic acids is 2. The summed E-state index contributed by atoms with van der Waals surface area (Å²) in [5.74, 6) is -0.650. The Morgan fingerprint density at radius 1 is 0.943 bits per heavy atom.